The van der Waals surface area contributed by atoms with Crippen molar-refractivity contribution in [3.05, 3.63) is 23.7 Å². The molecule has 4 heteroatoms. The molecule has 0 spiro atoms. The molecule has 76 valence electrons. The van der Waals surface area contributed by atoms with Gasteiger partial charge < -0.3 is 15.5 Å². The van der Waals surface area contributed by atoms with Gasteiger partial charge in [-0.15, -0.1) is 0 Å². The van der Waals surface area contributed by atoms with E-state index in [4.69, 9.17) is 10.2 Å². The van der Waals surface area contributed by atoms with E-state index in [-0.39, 0.29) is 5.91 Å². The molecule has 1 fully saturated rings. The van der Waals surface area contributed by atoms with Crippen LogP contribution in [-0.2, 0) is 11.3 Å². The molecule has 1 saturated carbocycles. The van der Waals surface area contributed by atoms with Crippen molar-refractivity contribution in [2.24, 2.45) is 5.73 Å². The average molecular weight is 194 g/mol. The molecule has 1 aromatic rings. The van der Waals surface area contributed by atoms with Crippen molar-refractivity contribution >= 4 is 5.91 Å². The Morgan fingerprint density at radius 3 is 2.86 bits per heavy atom. The summed E-state index contributed by atoms with van der Waals surface area (Å²) in [5, 5.41) is 2.76. The summed E-state index contributed by atoms with van der Waals surface area (Å²) in [5.41, 5.74) is 5.12. The van der Waals surface area contributed by atoms with Crippen LogP contribution in [0.2, 0.25) is 0 Å². The van der Waals surface area contributed by atoms with Crippen LogP contribution >= 0.6 is 0 Å². The van der Waals surface area contributed by atoms with E-state index in [2.05, 4.69) is 5.32 Å². The van der Waals surface area contributed by atoms with E-state index >= 15 is 0 Å². The molecule has 0 saturated heterocycles. The van der Waals surface area contributed by atoms with E-state index in [0.29, 0.717) is 6.54 Å². The largest absolute Gasteiger partial charge is 0.465 e. The zero-order valence-corrected chi connectivity index (χ0v) is 8.17. The third-order valence-corrected chi connectivity index (χ3v) is 2.46. The minimum absolute atomic E-state index is 0.0773. The zero-order valence-electron chi connectivity index (χ0n) is 8.17. The molecule has 0 radical (unpaired) electrons. The van der Waals surface area contributed by atoms with Crippen LogP contribution in [-0.4, -0.2) is 11.4 Å². The number of hydrogen-bond donors (Lipinski definition) is 2. The van der Waals surface area contributed by atoms with E-state index in [1.807, 2.05) is 19.1 Å². The summed E-state index contributed by atoms with van der Waals surface area (Å²) < 4.78 is 5.31. The van der Waals surface area contributed by atoms with E-state index in [9.17, 15) is 4.79 Å². The van der Waals surface area contributed by atoms with Gasteiger partial charge in [0.05, 0.1) is 12.1 Å². The quantitative estimate of drug-likeness (QED) is 0.744. The van der Waals surface area contributed by atoms with E-state index < -0.39 is 5.54 Å². The predicted molar refractivity (Wildman–Crippen MR) is 51.4 cm³/mol. The fourth-order valence-corrected chi connectivity index (χ4v) is 1.29. The summed E-state index contributed by atoms with van der Waals surface area (Å²) in [7, 11) is 0. The standard InChI is InChI=1S/C10H14N2O2/c1-7-2-3-8(14-7)6-12-9(13)10(11)4-5-10/h2-3H,4-6,11H2,1H3,(H,12,13). The molecule has 14 heavy (non-hydrogen) atoms. The number of nitrogens with two attached hydrogens (primary N) is 1. The van der Waals surface area contributed by atoms with Crippen LogP contribution in [0.15, 0.2) is 16.5 Å². The van der Waals surface area contributed by atoms with E-state index in [1.54, 1.807) is 0 Å². The first-order valence-corrected chi connectivity index (χ1v) is 4.73. The van der Waals surface area contributed by atoms with Crippen LogP contribution < -0.4 is 11.1 Å². The first-order valence-electron chi connectivity index (χ1n) is 4.73. The zero-order chi connectivity index (χ0) is 10.2. The van der Waals surface area contributed by atoms with Gasteiger partial charge in [-0.05, 0) is 31.9 Å². The highest BCUT2D eigenvalue weighted by Crippen LogP contribution is 2.32. The first kappa shape index (κ1) is 9.27. The second-order valence-electron chi connectivity index (χ2n) is 3.85. The third kappa shape index (κ3) is 1.80. The van der Waals surface area contributed by atoms with Gasteiger partial charge in [0.15, 0.2) is 0 Å². The average Bonchev–Trinajstić information content (AvgIpc) is 2.76. The Hall–Kier alpha value is -1.29. The van der Waals surface area contributed by atoms with Crippen molar-refractivity contribution in [3.63, 3.8) is 0 Å². The summed E-state index contributed by atoms with van der Waals surface area (Å²) in [5.74, 6) is 1.54. The van der Waals surface area contributed by atoms with Gasteiger partial charge in [0.1, 0.15) is 11.5 Å². The molecule has 1 aromatic heterocycles. The molecule has 1 amide bonds. The predicted octanol–water partition coefficient (Wildman–Crippen LogP) is 0.696. The molecule has 0 atom stereocenters. The van der Waals surface area contributed by atoms with E-state index in [1.165, 1.54) is 0 Å². The highest BCUT2D eigenvalue weighted by atomic mass is 16.3. The number of nitrogens with one attached hydrogen (secondary N) is 1. The number of carbonyl (C=O) groups excluding carboxylic acids is 1. The molecular formula is C10H14N2O2. The molecule has 1 heterocycles. The monoisotopic (exact) mass is 194 g/mol. The van der Waals surface area contributed by atoms with Gasteiger partial charge in [-0.3, -0.25) is 4.79 Å². The fourth-order valence-electron chi connectivity index (χ4n) is 1.29. The number of amides is 1. The van der Waals surface area contributed by atoms with Crippen molar-refractivity contribution < 1.29 is 9.21 Å². The molecule has 0 bridgehead atoms. The Labute approximate surface area is 82.5 Å². The van der Waals surface area contributed by atoms with Gasteiger partial charge in [0.25, 0.3) is 0 Å². The first-order chi connectivity index (χ1) is 6.60. The molecule has 0 unspecified atom stereocenters. The topological polar surface area (TPSA) is 68.3 Å². The number of hydrogen-bond acceptors (Lipinski definition) is 3. The molecule has 3 N–H and O–H groups in total. The second kappa shape index (κ2) is 3.13. The Morgan fingerprint density at radius 1 is 1.64 bits per heavy atom. The summed E-state index contributed by atoms with van der Waals surface area (Å²) >= 11 is 0. The lowest BCUT2D eigenvalue weighted by atomic mass is 10.2. The van der Waals surface area contributed by atoms with Crippen LogP contribution in [0, 0.1) is 6.92 Å². The number of furan rings is 1. The Kier molecular flexibility index (Phi) is 2.07. The molecule has 1 aliphatic rings. The summed E-state index contributed by atoms with van der Waals surface area (Å²) in [6.07, 6.45) is 1.58. The Morgan fingerprint density at radius 2 is 2.36 bits per heavy atom. The minimum Gasteiger partial charge on any atom is -0.465 e. The van der Waals surface area contributed by atoms with Crippen molar-refractivity contribution in [1.29, 1.82) is 0 Å². The van der Waals surface area contributed by atoms with Crippen LogP contribution in [0.4, 0.5) is 0 Å². The smallest absolute Gasteiger partial charge is 0.240 e. The molecular weight excluding hydrogens is 180 g/mol. The Bertz CT molecular complexity index is 353. The normalized spacial score (nSPS) is 17.9. The Balaban J connectivity index is 1.85. The third-order valence-electron chi connectivity index (χ3n) is 2.46. The van der Waals surface area contributed by atoms with Gasteiger partial charge in [0.2, 0.25) is 5.91 Å². The SMILES string of the molecule is Cc1ccc(CNC(=O)C2(N)CC2)o1. The van der Waals surface area contributed by atoms with Crippen LogP contribution in [0.1, 0.15) is 24.4 Å². The van der Waals surface area contributed by atoms with Crippen molar-refractivity contribution in [3.8, 4) is 0 Å². The fraction of sp³-hybridized carbons (Fsp3) is 0.500. The van der Waals surface area contributed by atoms with Crippen molar-refractivity contribution in [1.82, 2.24) is 5.32 Å². The van der Waals surface area contributed by atoms with Gasteiger partial charge in [-0.1, -0.05) is 0 Å². The lowest BCUT2D eigenvalue weighted by Gasteiger charge is -2.08. The highest BCUT2D eigenvalue weighted by molar-refractivity contribution is 5.88. The van der Waals surface area contributed by atoms with Crippen LogP contribution in [0.25, 0.3) is 0 Å². The molecule has 1 aliphatic carbocycles. The lowest BCUT2D eigenvalue weighted by Crippen LogP contribution is -2.42. The van der Waals surface area contributed by atoms with E-state index in [0.717, 1.165) is 24.4 Å². The maximum absolute atomic E-state index is 11.4. The number of rotatable bonds is 3. The van der Waals surface area contributed by atoms with Crippen LogP contribution in [0.3, 0.4) is 0 Å². The van der Waals surface area contributed by atoms with Gasteiger partial charge in [-0.2, -0.15) is 0 Å². The molecule has 2 rings (SSSR count). The summed E-state index contributed by atoms with van der Waals surface area (Å²) in [4.78, 5) is 11.4. The lowest BCUT2D eigenvalue weighted by molar-refractivity contribution is -0.123. The number of carbonyl (C=O) groups is 1. The van der Waals surface area contributed by atoms with Crippen molar-refractivity contribution in [2.75, 3.05) is 0 Å². The second-order valence-corrected chi connectivity index (χ2v) is 3.85. The van der Waals surface area contributed by atoms with Gasteiger partial charge in [-0.25, -0.2) is 0 Å². The van der Waals surface area contributed by atoms with Gasteiger partial charge >= 0.3 is 0 Å². The van der Waals surface area contributed by atoms with Crippen LogP contribution in [0.5, 0.6) is 0 Å². The number of aryl methyl sites for hydroxylation is 1. The molecule has 0 aromatic carbocycles. The van der Waals surface area contributed by atoms with Crippen molar-refractivity contribution in [2.45, 2.75) is 31.8 Å². The highest BCUT2D eigenvalue weighted by Gasteiger charge is 2.45. The minimum atomic E-state index is -0.596. The molecule has 0 aliphatic heterocycles. The van der Waals surface area contributed by atoms with Gasteiger partial charge in [0, 0.05) is 0 Å². The summed E-state index contributed by atoms with van der Waals surface area (Å²) in [6.45, 7) is 2.29. The summed E-state index contributed by atoms with van der Waals surface area (Å²) in [6, 6.07) is 3.72. The maximum atomic E-state index is 11.4. The maximum Gasteiger partial charge on any atom is 0.240 e. The molecule has 4 nitrogen and oxygen atoms in total.